The molecular formula is C42H56ClN5O10. The number of aliphatic carboxylic acids is 1. The standard InChI is InChI=1S/C42H56ClN5O10/c1-5-25-21-42(25,39(51)52)46-37(49)30-19-28(22-48(30)38(50)36(41(2,3)4)45-40(53)58-27-17-23-16-24(23)18-27)56-32-20-33(57-26-6-7-26)44-35-29(32)8-9-31(34(35)43)55-15-12-47-10-13-54-14-11-47/h8-9,20,23-28,30,36H,5-7,10-19,21-22H2,1-4H3,(H,45,53)(H,46,49)(H,51,52)/t23-,24+,25-,27+,28-,30+,36-,42-/m1/s1. The monoisotopic (exact) mass is 825 g/mol. The van der Waals surface area contributed by atoms with Gasteiger partial charge in [0.25, 0.3) is 0 Å². The zero-order valence-electron chi connectivity index (χ0n) is 33.8. The number of carbonyl (C=O) groups excluding carboxylic acids is 3. The normalized spacial score (nSPS) is 29.6. The van der Waals surface area contributed by atoms with E-state index in [1.165, 1.54) is 11.3 Å². The molecule has 1 aromatic heterocycles. The van der Waals surface area contributed by atoms with Gasteiger partial charge in [-0.05, 0) is 73.8 Å². The highest BCUT2D eigenvalue weighted by atomic mass is 35.5. The molecule has 3 amide bonds. The SMILES string of the molecule is CC[C@@H]1C[C@]1(NC(=O)[C@@H]1C[C@@H](Oc2cc(OC3CC3)nc3c(Cl)c(OCCN4CCOCC4)ccc23)CN1C(=O)[C@@H](NC(=O)O[C@@H]1C[C@@H]2C[C@@H]2C1)C(C)(C)C)C(=O)O. The van der Waals surface area contributed by atoms with E-state index in [1.807, 2.05) is 33.8 Å². The van der Waals surface area contributed by atoms with Crippen LogP contribution in [0.25, 0.3) is 10.9 Å². The van der Waals surface area contributed by atoms with Crippen molar-refractivity contribution in [3.05, 3.63) is 23.2 Å². The maximum Gasteiger partial charge on any atom is 0.408 e. The Balaban J connectivity index is 1.04. The van der Waals surface area contributed by atoms with Crippen LogP contribution in [0.2, 0.25) is 5.02 Å². The summed E-state index contributed by atoms with van der Waals surface area (Å²) in [5, 5.41) is 16.7. The van der Waals surface area contributed by atoms with Crippen molar-refractivity contribution < 1.29 is 48.0 Å². The van der Waals surface area contributed by atoms with E-state index in [0.717, 1.165) is 45.3 Å². The number of hydrogen-bond donors (Lipinski definition) is 3. The number of alkyl carbamates (subject to hydrolysis) is 1. The molecule has 58 heavy (non-hydrogen) atoms. The van der Waals surface area contributed by atoms with Crippen LogP contribution in [-0.4, -0.2) is 126 Å². The highest BCUT2D eigenvalue weighted by Gasteiger charge is 2.61. The fourth-order valence-corrected chi connectivity index (χ4v) is 9.21. The molecule has 8 atom stereocenters. The summed E-state index contributed by atoms with van der Waals surface area (Å²) in [4.78, 5) is 63.0. The summed E-state index contributed by atoms with van der Waals surface area (Å²) in [5.41, 5.74) is -1.74. The van der Waals surface area contributed by atoms with Crippen molar-refractivity contribution >= 4 is 46.4 Å². The summed E-state index contributed by atoms with van der Waals surface area (Å²) < 4.78 is 30.2. The Morgan fingerprint density at radius 2 is 1.76 bits per heavy atom. The Labute approximate surface area is 343 Å². The van der Waals surface area contributed by atoms with Gasteiger partial charge in [0.2, 0.25) is 17.7 Å². The second-order valence-corrected chi connectivity index (χ2v) is 18.5. The number of pyridine rings is 1. The lowest BCUT2D eigenvalue weighted by atomic mass is 9.85. The zero-order chi connectivity index (χ0) is 40.9. The molecule has 316 valence electrons. The van der Waals surface area contributed by atoms with Crippen molar-refractivity contribution in [1.29, 1.82) is 0 Å². The molecule has 4 aliphatic carbocycles. The number of rotatable bonds is 15. The topological polar surface area (TPSA) is 178 Å². The van der Waals surface area contributed by atoms with Crippen LogP contribution in [0.3, 0.4) is 0 Å². The maximum absolute atomic E-state index is 14.7. The summed E-state index contributed by atoms with van der Waals surface area (Å²) in [6.07, 6.45) is 4.05. The number of amides is 3. The third kappa shape index (κ3) is 8.77. The number of nitrogens with one attached hydrogen (secondary N) is 2. The highest BCUT2D eigenvalue weighted by Crippen LogP contribution is 2.52. The van der Waals surface area contributed by atoms with E-state index in [2.05, 4.69) is 15.5 Å². The van der Waals surface area contributed by atoms with E-state index < -0.39 is 53.0 Å². The van der Waals surface area contributed by atoms with Crippen LogP contribution < -0.4 is 24.8 Å². The van der Waals surface area contributed by atoms with Crippen molar-refractivity contribution in [2.75, 3.05) is 46.0 Å². The number of hydrogen-bond acceptors (Lipinski definition) is 11. The molecule has 15 nitrogen and oxygen atoms in total. The quantitative estimate of drug-likeness (QED) is 0.224. The Morgan fingerprint density at radius 1 is 1.02 bits per heavy atom. The van der Waals surface area contributed by atoms with Gasteiger partial charge in [-0.1, -0.05) is 45.7 Å². The third-order valence-electron chi connectivity index (χ3n) is 12.7. The first-order chi connectivity index (χ1) is 27.7. The lowest BCUT2D eigenvalue weighted by molar-refractivity contribution is -0.146. The minimum absolute atomic E-state index is 0.0113. The number of carboxylic acids is 1. The molecule has 0 radical (unpaired) electrons. The van der Waals surface area contributed by atoms with Gasteiger partial charge < -0.3 is 44.3 Å². The molecule has 2 aliphatic heterocycles. The summed E-state index contributed by atoms with van der Waals surface area (Å²) in [5.74, 6) is 0.0168. The summed E-state index contributed by atoms with van der Waals surface area (Å²) in [6, 6.07) is 3.17. The zero-order valence-corrected chi connectivity index (χ0v) is 34.6. The van der Waals surface area contributed by atoms with E-state index >= 15 is 0 Å². The largest absolute Gasteiger partial charge is 0.491 e. The summed E-state index contributed by atoms with van der Waals surface area (Å²) in [7, 11) is 0. The molecule has 3 N–H and O–H groups in total. The Hall–Kier alpha value is -4.08. The molecule has 3 heterocycles. The molecule has 0 unspecified atom stereocenters. The van der Waals surface area contributed by atoms with E-state index in [-0.39, 0.29) is 31.1 Å². The first-order valence-electron chi connectivity index (χ1n) is 20.9. The van der Waals surface area contributed by atoms with E-state index in [1.54, 1.807) is 12.1 Å². The van der Waals surface area contributed by atoms with Gasteiger partial charge in [-0.2, -0.15) is 0 Å². The van der Waals surface area contributed by atoms with E-state index in [0.29, 0.717) is 77.8 Å². The van der Waals surface area contributed by atoms with Gasteiger partial charge in [0, 0.05) is 37.5 Å². The number of fused-ring (bicyclic) bond motifs is 2. The number of nitrogens with zero attached hydrogens (tertiary/aromatic N) is 3. The van der Waals surface area contributed by atoms with Crippen LogP contribution >= 0.6 is 11.6 Å². The number of ether oxygens (including phenoxy) is 5. The number of morpholine rings is 1. The molecule has 2 aromatic rings. The van der Waals surface area contributed by atoms with Gasteiger partial charge in [-0.3, -0.25) is 14.5 Å². The number of benzene rings is 1. The minimum atomic E-state index is -1.40. The van der Waals surface area contributed by atoms with Gasteiger partial charge in [-0.25, -0.2) is 14.6 Å². The van der Waals surface area contributed by atoms with Crippen LogP contribution in [0.4, 0.5) is 4.79 Å². The Morgan fingerprint density at radius 3 is 2.41 bits per heavy atom. The number of halogens is 1. The molecule has 0 bridgehead atoms. The maximum atomic E-state index is 14.7. The second-order valence-electron chi connectivity index (χ2n) is 18.1. The van der Waals surface area contributed by atoms with Crippen molar-refractivity contribution in [2.24, 2.45) is 23.2 Å². The number of likely N-dealkylation sites (tertiary alicyclic amines) is 1. The predicted octanol–water partition coefficient (Wildman–Crippen LogP) is 4.80. The van der Waals surface area contributed by atoms with Crippen LogP contribution in [-0.2, 0) is 23.9 Å². The number of carboxylic acid groups (broad SMARTS) is 1. The summed E-state index contributed by atoms with van der Waals surface area (Å²) >= 11 is 6.97. The third-order valence-corrected chi connectivity index (χ3v) is 13.1. The lowest BCUT2D eigenvalue weighted by Crippen LogP contribution is -2.59. The molecular weight excluding hydrogens is 770 g/mol. The average molecular weight is 826 g/mol. The van der Waals surface area contributed by atoms with Gasteiger partial charge >= 0.3 is 12.1 Å². The molecule has 2 saturated heterocycles. The minimum Gasteiger partial charge on any atom is -0.491 e. The highest BCUT2D eigenvalue weighted by molar-refractivity contribution is 6.36. The molecule has 6 fully saturated rings. The lowest BCUT2D eigenvalue weighted by Gasteiger charge is -2.35. The van der Waals surface area contributed by atoms with Gasteiger partial charge in [0.05, 0.1) is 19.8 Å². The predicted molar refractivity (Wildman–Crippen MR) is 212 cm³/mol. The number of aromatic nitrogens is 1. The molecule has 1 aromatic carbocycles. The molecule has 0 spiro atoms. The fraction of sp³-hybridized carbons (Fsp3) is 0.690. The van der Waals surface area contributed by atoms with Crippen molar-refractivity contribution in [1.82, 2.24) is 25.4 Å². The molecule has 16 heteroatoms. The van der Waals surface area contributed by atoms with Gasteiger partial charge in [-0.15, -0.1) is 0 Å². The van der Waals surface area contributed by atoms with Crippen LogP contribution in [0.15, 0.2) is 18.2 Å². The van der Waals surface area contributed by atoms with Gasteiger partial charge in [0.1, 0.15) is 64.6 Å². The average Bonchev–Trinajstić information content (AvgIpc) is 4.15. The first-order valence-corrected chi connectivity index (χ1v) is 21.3. The fourth-order valence-electron chi connectivity index (χ4n) is 8.94. The summed E-state index contributed by atoms with van der Waals surface area (Å²) in [6.45, 7) is 11.6. The molecule has 6 aliphatic rings. The van der Waals surface area contributed by atoms with Gasteiger partial charge in [0.15, 0.2) is 0 Å². The van der Waals surface area contributed by atoms with Crippen LogP contribution in [0.5, 0.6) is 17.4 Å². The molecule has 4 saturated carbocycles. The Kier molecular flexibility index (Phi) is 11.3. The van der Waals surface area contributed by atoms with Crippen molar-refractivity contribution in [2.45, 2.75) is 115 Å². The molecule has 8 rings (SSSR count). The van der Waals surface area contributed by atoms with Crippen molar-refractivity contribution in [3.63, 3.8) is 0 Å². The van der Waals surface area contributed by atoms with Crippen LogP contribution in [0.1, 0.15) is 79.1 Å². The van der Waals surface area contributed by atoms with E-state index in [9.17, 15) is 24.3 Å². The van der Waals surface area contributed by atoms with Crippen molar-refractivity contribution in [3.8, 4) is 17.4 Å². The van der Waals surface area contributed by atoms with Crippen LogP contribution in [0, 0.1) is 23.2 Å². The first kappa shape index (κ1) is 40.7. The number of carbonyl (C=O) groups is 4. The van der Waals surface area contributed by atoms with E-state index in [4.69, 9.17) is 40.3 Å². The Bertz CT molecular complexity index is 1910. The second kappa shape index (κ2) is 16.2. The smallest absolute Gasteiger partial charge is 0.408 e.